The van der Waals surface area contributed by atoms with Crippen molar-refractivity contribution in [1.82, 2.24) is 20.5 Å². The monoisotopic (exact) mass is 337 g/mol. The number of amides is 1. The molecule has 0 unspecified atom stereocenters. The second-order valence-corrected chi connectivity index (χ2v) is 7.25. The SMILES string of the molecule is CN=C(NCc1nc(C)c(C)s1)N1CCC(CC(=O)NC)CC1. The third-order valence-corrected chi connectivity index (χ3v) is 5.42. The van der Waals surface area contributed by atoms with Gasteiger partial charge in [-0.15, -0.1) is 11.3 Å². The van der Waals surface area contributed by atoms with Crippen LogP contribution in [0.15, 0.2) is 4.99 Å². The van der Waals surface area contributed by atoms with E-state index in [-0.39, 0.29) is 5.91 Å². The average molecular weight is 337 g/mol. The molecule has 0 bridgehead atoms. The number of carbonyl (C=O) groups excluding carboxylic acids is 1. The lowest BCUT2D eigenvalue weighted by Gasteiger charge is -2.33. The van der Waals surface area contributed by atoms with Crippen LogP contribution >= 0.6 is 11.3 Å². The van der Waals surface area contributed by atoms with Crippen LogP contribution in [0.25, 0.3) is 0 Å². The summed E-state index contributed by atoms with van der Waals surface area (Å²) in [5.41, 5.74) is 1.11. The first-order valence-corrected chi connectivity index (χ1v) is 8.94. The molecule has 128 valence electrons. The van der Waals surface area contributed by atoms with Crippen molar-refractivity contribution in [1.29, 1.82) is 0 Å². The quantitative estimate of drug-likeness (QED) is 0.648. The number of piperidine rings is 1. The van der Waals surface area contributed by atoms with E-state index in [9.17, 15) is 4.79 Å². The van der Waals surface area contributed by atoms with E-state index in [0.717, 1.165) is 42.6 Å². The van der Waals surface area contributed by atoms with Crippen molar-refractivity contribution >= 4 is 23.2 Å². The van der Waals surface area contributed by atoms with Gasteiger partial charge in [0.05, 0.1) is 12.2 Å². The van der Waals surface area contributed by atoms with Gasteiger partial charge in [0.2, 0.25) is 5.91 Å². The minimum Gasteiger partial charge on any atom is -0.359 e. The van der Waals surface area contributed by atoms with E-state index in [1.54, 1.807) is 18.4 Å². The summed E-state index contributed by atoms with van der Waals surface area (Å²) in [5.74, 6) is 1.54. The number of aryl methyl sites for hydroxylation is 2. The van der Waals surface area contributed by atoms with Crippen LogP contribution < -0.4 is 10.6 Å². The number of rotatable bonds is 4. The van der Waals surface area contributed by atoms with Crippen molar-refractivity contribution in [3.63, 3.8) is 0 Å². The number of aliphatic imine (C=N–C) groups is 1. The summed E-state index contributed by atoms with van der Waals surface area (Å²) in [6, 6.07) is 0. The normalized spacial score (nSPS) is 16.5. The fraction of sp³-hybridized carbons (Fsp3) is 0.688. The van der Waals surface area contributed by atoms with Crippen LogP contribution in [0.5, 0.6) is 0 Å². The lowest BCUT2D eigenvalue weighted by Crippen LogP contribution is -2.45. The minimum absolute atomic E-state index is 0.139. The van der Waals surface area contributed by atoms with Gasteiger partial charge in [-0.2, -0.15) is 0 Å². The second kappa shape index (κ2) is 8.29. The number of thiazole rings is 1. The number of likely N-dealkylation sites (tertiary alicyclic amines) is 1. The highest BCUT2D eigenvalue weighted by molar-refractivity contribution is 7.11. The second-order valence-electron chi connectivity index (χ2n) is 5.96. The van der Waals surface area contributed by atoms with Gasteiger partial charge in [0.25, 0.3) is 0 Å². The largest absolute Gasteiger partial charge is 0.359 e. The lowest BCUT2D eigenvalue weighted by molar-refractivity contribution is -0.121. The van der Waals surface area contributed by atoms with Crippen molar-refractivity contribution in [2.45, 2.75) is 39.7 Å². The molecule has 0 atom stereocenters. The molecule has 1 aliphatic rings. The van der Waals surface area contributed by atoms with E-state index in [4.69, 9.17) is 0 Å². The number of hydrogen-bond acceptors (Lipinski definition) is 4. The number of aromatic nitrogens is 1. The Balaban J connectivity index is 1.82. The lowest BCUT2D eigenvalue weighted by atomic mass is 9.93. The highest BCUT2D eigenvalue weighted by Gasteiger charge is 2.23. The standard InChI is InChI=1S/C16H27N5OS/c1-11-12(2)23-15(20-11)10-19-16(18-4)21-7-5-13(6-8-21)9-14(22)17-3/h13H,5-10H2,1-4H3,(H,17,22)(H,18,19). The molecule has 1 aromatic heterocycles. The number of nitrogens with zero attached hydrogens (tertiary/aromatic N) is 3. The highest BCUT2D eigenvalue weighted by atomic mass is 32.1. The van der Waals surface area contributed by atoms with Gasteiger partial charge in [0, 0.05) is 38.5 Å². The van der Waals surface area contributed by atoms with Crippen LogP contribution in [-0.4, -0.2) is 48.9 Å². The molecular weight excluding hydrogens is 310 g/mol. The van der Waals surface area contributed by atoms with E-state index in [1.807, 2.05) is 14.0 Å². The number of carbonyl (C=O) groups is 1. The van der Waals surface area contributed by atoms with Crippen molar-refractivity contribution in [2.24, 2.45) is 10.9 Å². The molecule has 6 nitrogen and oxygen atoms in total. The van der Waals surface area contributed by atoms with Gasteiger partial charge in [0.1, 0.15) is 5.01 Å². The van der Waals surface area contributed by atoms with E-state index in [0.29, 0.717) is 18.9 Å². The summed E-state index contributed by atoms with van der Waals surface area (Å²) >= 11 is 1.73. The fourth-order valence-electron chi connectivity index (χ4n) is 2.81. The Bertz CT molecular complexity index is 541. The van der Waals surface area contributed by atoms with E-state index < -0.39 is 0 Å². The smallest absolute Gasteiger partial charge is 0.220 e. The summed E-state index contributed by atoms with van der Waals surface area (Å²) in [4.78, 5) is 24.0. The van der Waals surface area contributed by atoms with Crippen LogP contribution in [0.2, 0.25) is 0 Å². The molecule has 2 N–H and O–H groups in total. The van der Waals surface area contributed by atoms with Crippen LogP contribution in [0.4, 0.5) is 0 Å². The average Bonchev–Trinajstić information content (AvgIpc) is 2.87. The maximum absolute atomic E-state index is 11.5. The zero-order valence-corrected chi connectivity index (χ0v) is 15.3. The Labute approximate surface area is 142 Å². The van der Waals surface area contributed by atoms with Crippen molar-refractivity contribution < 1.29 is 4.79 Å². The van der Waals surface area contributed by atoms with E-state index in [2.05, 4.69) is 32.4 Å². The maximum Gasteiger partial charge on any atom is 0.220 e. The Hall–Kier alpha value is -1.63. The molecule has 0 aromatic carbocycles. The molecule has 0 aliphatic carbocycles. The molecule has 1 aliphatic heterocycles. The first-order chi connectivity index (χ1) is 11.0. The summed E-state index contributed by atoms with van der Waals surface area (Å²) in [6.45, 7) is 6.74. The molecule has 1 amide bonds. The molecule has 0 spiro atoms. The minimum atomic E-state index is 0.139. The van der Waals surface area contributed by atoms with E-state index in [1.165, 1.54) is 4.88 Å². The molecule has 1 fully saturated rings. The van der Waals surface area contributed by atoms with Gasteiger partial charge >= 0.3 is 0 Å². The third-order valence-electron chi connectivity index (χ3n) is 4.35. The maximum atomic E-state index is 11.5. The topological polar surface area (TPSA) is 69.6 Å². The van der Waals surface area contributed by atoms with Gasteiger partial charge in [-0.05, 0) is 32.6 Å². The first-order valence-electron chi connectivity index (χ1n) is 8.12. The van der Waals surface area contributed by atoms with Gasteiger partial charge in [-0.25, -0.2) is 4.98 Å². The summed E-state index contributed by atoms with van der Waals surface area (Å²) < 4.78 is 0. The highest BCUT2D eigenvalue weighted by Crippen LogP contribution is 2.21. The molecule has 0 radical (unpaired) electrons. The molecule has 1 aromatic rings. The third kappa shape index (κ3) is 4.92. The van der Waals surface area contributed by atoms with Crippen LogP contribution in [-0.2, 0) is 11.3 Å². The molecule has 0 saturated carbocycles. The fourth-order valence-corrected chi connectivity index (χ4v) is 3.69. The Morgan fingerprint density at radius 3 is 2.61 bits per heavy atom. The van der Waals surface area contributed by atoms with E-state index >= 15 is 0 Å². The molecule has 23 heavy (non-hydrogen) atoms. The van der Waals surface area contributed by atoms with Gasteiger partial charge in [0.15, 0.2) is 5.96 Å². The van der Waals surface area contributed by atoms with Gasteiger partial charge in [-0.3, -0.25) is 9.79 Å². The molecule has 2 heterocycles. The van der Waals surface area contributed by atoms with Crippen LogP contribution in [0.1, 0.15) is 34.8 Å². The summed E-state index contributed by atoms with van der Waals surface area (Å²) in [7, 11) is 3.52. The summed E-state index contributed by atoms with van der Waals surface area (Å²) in [6.07, 6.45) is 2.70. The zero-order chi connectivity index (χ0) is 16.8. The number of hydrogen-bond donors (Lipinski definition) is 2. The Kier molecular flexibility index (Phi) is 6.38. The number of nitrogens with one attached hydrogen (secondary N) is 2. The molecule has 7 heteroatoms. The zero-order valence-electron chi connectivity index (χ0n) is 14.5. The van der Waals surface area contributed by atoms with Gasteiger partial charge < -0.3 is 15.5 Å². The first kappa shape index (κ1) is 17.7. The molecule has 1 saturated heterocycles. The van der Waals surface area contributed by atoms with Crippen molar-refractivity contribution in [3.05, 3.63) is 15.6 Å². The predicted molar refractivity (Wildman–Crippen MR) is 94.8 cm³/mol. The Morgan fingerprint density at radius 2 is 2.09 bits per heavy atom. The molecule has 2 rings (SSSR count). The van der Waals surface area contributed by atoms with Crippen molar-refractivity contribution in [2.75, 3.05) is 27.2 Å². The molecular formula is C16H27N5OS. The van der Waals surface area contributed by atoms with Crippen LogP contribution in [0.3, 0.4) is 0 Å². The van der Waals surface area contributed by atoms with Gasteiger partial charge in [-0.1, -0.05) is 0 Å². The predicted octanol–water partition coefficient (Wildman–Crippen LogP) is 1.68. The van der Waals surface area contributed by atoms with Crippen molar-refractivity contribution in [3.8, 4) is 0 Å². The Morgan fingerprint density at radius 1 is 1.39 bits per heavy atom. The van der Waals surface area contributed by atoms with Crippen LogP contribution in [0, 0.1) is 19.8 Å². The summed E-state index contributed by atoms with van der Waals surface area (Å²) in [5, 5.41) is 7.21. The number of guanidine groups is 1.